The summed E-state index contributed by atoms with van der Waals surface area (Å²) in [6.45, 7) is 5.05. The first kappa shape index (κ1) is 15.1. The van der Waals surface area contributed by atoms with Crippen LogP contribution in [0.2, 0.25) is 0 Å². The van der Waals surface area contributed by atoms with Crippen LogP contribution in [-0.2, 0) is 0 Å². The van der Waals surface area contributed by atoms with Crippen molar-refractivity contribution in [2.75, 3.05) is 6.54 Å². The first-order valence-corrected chi connectivity index (χ1v) is 8.40. The maximum atomic E-state index is 12.2. The molecule has 1 N–H and O–H groups in total. The van der Waals surface area contributed by atoms with Gasteiger partial charge < -0.3 is 9.88 Å². The van der Waals surface area contributed by atoms with E-state index in [1.807, 2.05) is 24.5 Å². The van der Waals surface area contributed by atoms with Gasteiger partial charge >= 0.3 is 0 Å². The highest BCUT2D eigenvalue weighted by Crippen LogP contribution is 2.32. The quantitative estimate of drug-likeness (QED) is 0.909. The third-order valence-corrected chi connectivity index (χ3v) is 4.56. The van der Waals surface area contributed by atoms with Crippen molar-refractivity contribution in [3.63, 3.8) is 0 Å². The second-order valence-electron chi connectivity index (χ2n) is 6.73. The number of rotatable bonds is 5. The number of benzene rings is 1. The molecule has 118 valence electrons. The molecule has 1 aliphatic rings. The lowest BCUT2D eigenvalue weighted by molar-refractivity contribution is 0.0952. The van der Waals surface area contributed by atoms with Crippen molar-refractivity contribution < 1.29 is 4.79 Å². The molecule has 1 heterocycles. The average Bonchev–Trinajstić information content (AvgIpc) is 3.14. The Morgan fingerprint density at radius 3 is 2.86 bits per heavy atom. The van der Waals surface area contributed by atoms with Gasteiger partial charge in [0.15, 0.2) is 0 Å². The zero-order valence-corrected chi connectivity index (χ0v) is 13.5. The Hall–Kier alpha value is -1.84. The summed E-state index contributed by atoms with van der Waals surface area (Å²) in [5.74, 6) is 0.600. The van der Waals surface area contributed by atoms with Gasteiger partial charge in [-0.3, -0.25) is 4.79 Å². The number of carbonyl (C=O) groups excluding carboxylic acids is 1. The van der Waals surface area contributed by atoms with Crippen molar-refractivity contribution >= 4 is 16.9 Å². The highest BCUT2D eigenvalue weighted by atomic mass is 16.1. The highest BCUT2D eigenvalue weighted by molar-refractivity contribution is 5.97. The molecule has 4 nitrogen and oxygen atoms in total. The standard InChI is InChI=1S/C18H25N3O/c1-13(2)9-10-19-18(22)14-7-8-17-16(11-14)20-12-21(17)15-5-3-4-6-15/h7-8,11-13,15H,3-6,9-10H2,1-2H3,(H,19,22). The molecule has 0 spiro atoms. The van der Waals surface area contributed by atoms with Gasteiger partial charge in [-0.05, 0) is 43.4 Å². The number of amides is 1. The first-order chi connectivity index (χ1) is 10.6. The smallest absolute Gasteiger partial charge is 0.251 e. The second kappa shape index (κ2) is 6.51. The number of aromatic nitrogens is 2. The molecular formula is C18H25N3O. The molecule has 1 aromatic carbocycles. The summed E-state index contributed by atoms with van der Waals surface area (Å²) < 4.78 is 2.28. The number of fused-ring (bicyclic) bond motifs is 1. The Morgan fingerprint density at radius 2 is 2.14 bits per heavy atom. The number of hydrogen-bond acceptors (Lipinski definition) is 2. The average molecular weight is 299 g/mol. The van der Waals surface area contributed by atoms with Gasteiger partial charge in [0, 0.05) is 18.2 Å². The van der Waals surface area contributed by atoms with Crippen molar-refractivity contribution in [3.05, 3.63) is 30.1 Å². The first-order valence-electron chi connectivity index (χ1n) is 8.40. The van der Waals surface area contributed by atoms with Crippen molar-refractivity contribution in [1.29, 1.82) is 0 Å². The highest BCUT2D eigenvalue weighted by Gasteiger charge is 2.19. The van der Waals surface area contributed by atoms with Gasteiger partial charge in [-0.15, -0.1) is 0 Å². The topological polar surface area (TPSA) is 46.9 Å². The molecule has 0 bridgehead atoms. The predicted octanol–water partition coefficient (Wildman–Crippen LogP) is 3.93. The van der Waals surface area contributed by atoms with E-state index in [1.54, 1.807) is 0 Å². The molecule has 1 aliphatic carbocycles. The van der Waals surface area contributed by atoms with E-state index in [9.17, 15) is 4.79 Å². The van der Waals surface area contributed by atoms with Crippen LogP contribution in [0.1, 0.15) is 62.4 Å². The predicted molar refractivity (Wildman–Crippen MR) is 89.0 cm³/mol. The molecule has 2 aromatic rings. The molecular weight excluding hydrogens is 274 g/mol. The van der Waals surface area contributed by atoms with E-state index in [0.717, 1.165) is 24.0 Å². The van der Waals surface area contributed by atoms with Gasteiger partial charge in [-0.1, -0.05) is 26.7 Å². The second-order valence-corrected chi connectivity index (χ2v) is 6.73. The maximum Gasteiger partial charge on any atom is 0.251 e. The fourth-order valence-electron chi connectivity index (χ4n) is 3.22. The summed E-state index contributed by atoms with van der Waals surface area (Å²) in [4.78, 5) is 16.7. The molecule has 1 saturated carbocycles. The summed E-state index contributed by atoms with van der Waals surface area (Å²) in [7, 11) is 0. The summed E-state index contributed by atoms with van der Waals surface area (Å²) in [6, 6.07) is 6.44. The molecule has 1 fully saturated rings. The van der Waals surface area contributed by atoms with E-state index < -0.39 is 0 Å². The van der Waals surface area contributed by atoms with Crippen LogP contribution >= 0.6 is 0 Å². The Kier molecular flexibility index (Phi) is 4.46. The lowest BCUT2D eigenvalue weighted by Gasteiger charge is -2.12. The van der Waals surface area contributed by atoms with Crippen LogP contribution in [-0.4, -0.2) is 22.0 Å². The number of carbonyl (C=O) groups is 1. The summed E-state index contributed by atoms with van der Waals surface area (Å²) >= 11 is 0. The SMILES string of the molecule is CC(C)CCNC(=O)c1ccc2c(c1)ncn2C1CCCC1. The molecule has 3 rings (SSSR count). The van der Waals surface area contributed by atoms with Gasteiger partial charge in [0.25, 0.3) is 5.91 Å². The fraction of sp³-hybridized carbons (Fsp3) is 0.556. The summed E-state index contributed by atoms with van der Waals surface area (Å²) in [6.07, 6.45) is 8.03. The van der Waals surface area contributed by atoms with E-state index in [-0.39, 0.29) is 5.91 Å². The molecule has 0 unspecified atom stereocenters. The monoisotopic (exact) mass is 299 g/mol. The molecule has 22 heavy (non-hydrogen) atoms. The molecule has 0 aliphatic heterocycles. The molecule has 0 atom stereocenters. The lowest BCUT2D eigenvalue weighted by atomic mass is 10.1. The van der Waals surface area contributed by atoms with Crippen molar-refractivity contribution in [3.8, 4) is 0 Å². The van der Waals surface area contributed by atoms with Crippen LogP contribution in [0.25, 0.3) is 11.0 Å². The minimum Gasteiger partial charge on any atom is -0.352 e. The van der Waals surface area contributed by atoms with Gasteiger partial charge in [0.05, 0.1) is 17.4 Å². The van der Waals surface area contributed by atoms with Gasteiger partial charge in [0.1, 0.15) is 0 Å². The third kappa shape index (κ3) is 3.16. The van der Waals surface area contributed by atoms with E-state index in [1.165, 1.54) is 25.7 Å². The third-order valence-electron chi connectivity index (χ3n) is 4.56. The minimum atomic E-state index is -0.00188. The molecule has 0 radical (unpaired) electrons. The van der Waals surface area contributed by atoms with Crippen molar-refractivity contribution in [2.24, 2.45) is 5.92 Å². The van der Waals surface area contributed by atoms with Crippen LogP contribution in [0.5, 0.6) is 0 Å². The van der Waals surface area contributed by atoms with Crippen LogP contribution in [0, 0.1) is 5.92 Å². The van der Waals surface area contributed by atoms with Crippen LogP contribution < -0.4 is 5.32 Å². The summed E-state index contributed by atoms with van der Waals surface area (Å²) in [5.41, 5.74) is 2.77. The van der Waals surface area contributed by atoms with Gasteiger partial charge in [-0.25, -0.2) is 4.98 Å². The number of nitrogens with one attached hydrogen (secondary N) is 1. The van der Waals surface area contributed by atoms with E-state index in [4.69, 9.17) is 0 Å². The molecule has 0 saturated heterocycles. The minimum absolute atomic E-state index is 0.00188. The maximum absolute atomic E-state index is 12.2. The van der Waals surface area contributed by atoms with Crippen LogP contribution in [0.15, 0.2) is 24.5 Å². The van der Waals surface area contributed by atoms with E-state index in [0.29, 0.717) is 17.5 Å². The molecule has 4 heteroatoms. The van der Waals surface area contributed by atoms with Crippen molar-refractivity contribution in [1.82, 2.24) is 14.9 Å². The Morgan fingerprint density at radius 1 is 1.36 bits per heavy atom. The molecule has 1 amide bonds. The zero-order valence-electron chi connectivity index (χ0n) is 13.5. The van der Waals surface area contributed by atoms with E-state index in [2.05, 4.69) is 28.7 Å². The summed E-state index contributed by atoms with van der Waals surface area (Å²) in [5, 5.41) is 2.98. The van der Waals surface area contributed by atoms with Crippen molar-refractivity contribution in [2.45, 2.75) is 52.0 Å². The Labute approximate surface area is 131 Å². The normalized spacial score (nSPS) is 15.8. The Balaban J connectivity index is 1.74. The number of hydrogen-bond donors (Lipinski definition) is 1. The molecule has 1 aromatic heterocycles. The van der Waals surface area contributed by atoms with Crippen LogP contribution in [0.3, 0.4) is 0 Å². The fourth-order valence-corrected chi connectivity index (χ4v) is 3.22. The lowest BCUT2D eigenvalue weighted by Crippen LogP contribution is -2.25. The largest absolute Gasteiger partial charge is 0.352 e. The zero-order chi connectivity index (χ0) is 15.5. The van der Waals surface area contributed by atoms with Gasteiger partial charge in [-0.2, -0.15) is 0 Å². The van der Waals surface area contributed by atoms with E-state index >= 15 is 0 Å². The number of nitrogens with zero attached hydrogens (tertiary/aromatic N) is 2. The number of imidazole rings is 1. The Bertz CT molecular complexity index is 653. The van der Waals surface area contributed by atoms with Crippen LogP contribution in [0.4, 0.5) is 0 Å². The van der Waals surface area contributed by atoms with Gasteiger partial charge in [0.2, 0.25) is 0 Å².